The molecule has 0 saturated heterocycles. The average Bonchev–Trinajstić information content (AvgIpc) is 2.72. The Bertz CT molecular complexity index is 423. The molecule has 2 aromatic heterocycles. The molecule has 0 aliphatic heterocycles. The lowest BCUT2D eigenvalue weighted by molar-refractivity contribution is 0.586. The molecule has 0 amide bonds. The summed E-state index contributed by atoms with van der Waals surface area (Å²) in [6, 6.07) is 0.392. The van der Waals surface area contributed by atoms with E-state index < -0.39 is 0 Å². The number of hydrogen-bond donors (Lipinski definition) is 2. The van der Waals surface area contributed by atoms with E-state index >= 15 is 0 Å². The zero-order valence-electron chi connectivity index (χ0n) is 7.52. The fourth-order valence-corrected chi connectivity index (χ4v) is 1.67. The third-order valence-electron chi connectivity index (χ3n) is 1.69. The second-order valence-corrected chi connectivity index (χ2v) is 3.60. The van der Waals surface area contributed by atoms with Crippen molar-refractivity contribution in [1.29, 1.82) is 0 Å². The van der Waals surface area contributed by atoms with Crippen LogP contribution in [0.2, 0.25) is 0 Å². The first kappa shape index (κ1) is 8.95. The minimum Gasteiger partial charge on any atom is -0.390 e. The van der Waals surface area contributed by atoms with Crippen molar-refractivity contribution < 1.29 is 4.42 Å². The molecule has 0 atom stereocenters. The molecule has 2 aromatic rings. The highest BCUT2D eigenvalue weighted by Crippen LogP contribution is 2.14. The van der Waals surface area contributed by atoms with Crippen LogP contribution in [-0.2, 0) is 6.54 Å². The number of rotatable bonds is 3. The molecule has 0 saturated carbocycles. The molecule has 6 nitrogen and oxygen atoms in total. The van der Waals surface area contributed by atoms with Crippen LogP contribution in [0.25, 0.3) is 0 Å². The lowest BCUT2D eigenvalue weighted by atomic mass is 10.4. The normalized spacial score (nSPS) is 10.4. The number of nitrogens with one attached hydrogen (secondary N) is 1. The second-order valence-electron chi connectivity index (χ2n) is 2.66. The topological polar surface area (TPSA) is 89.9 Å². The summed E-state index contributed by atoms with van der Waals surface area (Å²) < 4.78 is 4.95. The van der Waals surface area contributed by atoms with Crippen LogP contribution in [0, 0.1) is 6.92 Å². The first-order valence-electron chi connectivity index (χ1n) is 3.97. The lowest BCUT2D eigenvalue weighted by Crippen LogP contribution is -1.99. The number of hydrogen-bond acceptors (Lipinski definition) is 7. The SMILES string of the molecule is Cc1ncsc1CNc1nnc(N)o1. The Kier molecular flexibility index (Phi) is 2.32. The molecule has 0 aliphatic carbocycles. The summed E-state index contributed by atoms with van der Waals surface area (Å²) in [6.07, 6.45) is 0. The molecule has 14 heavy (non-hydrogen) atoms. The van der Waals surface area contributed by atoms with Gasteiger partial charge in [0.15, 0.2) is 0 Å². The van der Waals surface area contributed by atoms with E-state index in [-0.39, 0.29) is 6.01 Å². The van der Waals surface area contributed by atoms with E-state index in [1.807, 2.05) is 6.92 Å². The first-order chi connectivity index (χ1) is 6.75. The Hall–Kier alpha value is -1.63. The van der Waals surface area contributed by atoms with Crippen molar-refractivity contribution in [1.82, 2.24) is 15.2 Å². The second kappa shape index (κ2) is 3.62. The molecule has 74 valence electrons. The molecule has 0 aromatic carbocycles. The fourth-order valence-electron chi connectivity index (χ4n) is 0.958. The van der Waals surface area contributed by atoms with Crippen LogP contribution in [0.3, 0.4) is 0 Å². The fraction of sp³-hybridized carbons (Fsp3) is 0.286. The molecular formula is C7H9N5OS. The summed E-state index contributed by atoms with van der Waals surface area (Å²) in [6.45, 7) is 2.58. The first-order valence-corrected chi connectivity index (χ1v) is 4.85. The molecule has 3 N–H and O–H groups in total. The van der Waals surface area contributed by atoms with Gasteiger partial charge in [-0.25, -0.2) is 4.98 Å². The highest BCUT2D eigenvalue weighted by atomic mass is 32.1. The van der Waals surface area contributed by atoms with E-state index in [0.717, 1.165) is 10.6 Å². The zero-order chi connectivity index (χ0) is 9.97. The Morgan fingerprint density at radius 2 is 2.43 bits per heavy atom. The number of nitrogens with zero attached hydrogens (tertiary/aromatic N) is 3. The molecule has 2 heterocycles. The van der Waals surface area contributed by atoms with Gasteiger partial charge in [0.1, 0.15) is 0 Å². The van der Waals surface area contributed by atoms with Gasteiger partial charge in [-0.3, -0.25) is 0 Å². The van der Waals surface area contributed by atoms with Crippen molar-refractivity contribution in [3.8, 4) is 0 Å². The maximum Gasteiger partial charge on any atom is 0.317 e. The Labute approximate surface area is 84.2 Å². The third kappa shape index (κ3) is 1.82. The molecule has 0 radical (unpaired) electrons. The van der Waals surface area contributed by atoms with Crippen LogP contribution in [-0.4, -0.2) is 15.2 Å². The van der Waals surface area contributed by atoms with Crippen LogP contribution in [0.4, 0.5) is 12.0 Å². The van der Waals surface area contributed by atoms with E-state index in [1.165, 1.54) is 0 Å². The van der Waals surface area contributed by atoms with Crippen molar-refractivity contribution in [2.45, 2.75) is 13.5 Å². The van der Waals surface area contributed by atoms with Crippen LogP contribution < -0.4 is 11.1 Å². The average molecular weight is 211 g/mol. The largest absolute Gasteiger partial charge is 0.390 e. The summed E-state index contributed by atoms with van der Waals surface area (Å²) in [4.78, 5) is 5.26. The van der Waals surface area contributed by atoms with Gasteiger partial charge >= 0.3 is 12.0 Å². The van der Waals surface area contributed by atoms with Crippen molar-refractivity contribution in [2.75, 3.05) is 11.1 Å². The summed E-state index contributed by atoms with van der Waals surface area (Å²) in [5.74, 6) is 0. The molecule has 0 unspecified atom stereocenters. The molecule has 0 bridgehead atoms. The van der Waals surface area contributed by atoms with Gasteiger partial charge in [-0.05, 0) is 6.92 Å². The zero-order valence-corrected chi connectivity index (χ0v) is 8.34. The number of anilines is 2. The minimum absolute atomic E-state index is 0.0635. The summed E-state index contributed by atoms with van der Waals surface area (Å²) >= 11 is 1.58. The van der Waals surface area contributed by atoms with Gasteiger partial charge in [-0.15, -0.1) is 11.3 Å². The van der Waals surface area contributed by atoms with Crippen LogP contribution in [0.5, 0.6) is 0 Å². The quantitative estimate of drug-likeness (QED) is 0.788. The van der Waals surface area contributed by atoms with E-state index in [1.54, 1.807) is 16.8 Å². The molecule has 0 aliphatic rings. The number of aromatic nitrogens is 3. The minimum atomic E-state index is 0.0635. The number of nitrogen functional groups attached to an aromatic ring is 1. The van der Waals surface area contributed by atoms with Gasteiger partial charge in [0, 0.05) is 4.88 Å². The van der Waals surface area contributed by atoms with Crippen molar-refractivity contribution in [3.63, 3.8) is 0 Å². The highest BCUT2D eigenvalue weighted by Gasteiger charge is 2.04. The molecule has 7 heteroatoms. The van der Waals surface area contributed by atoms with Crippen LogP contribution in [0.15, 0.2) is 9.93 Å². The Morgan fingerprint density at radius 3 is 3.00 bits per heavy atom. The molecule has 0 spiro atoms. The van der Waals surface area contributed by atoms with Gasteiger partial charge < -0.3 is 15.5 Å². The summed E-state index contributed by atoms with van der Waals surface area (Å²) in [5.41, 5.74) is 8.08. The summed E-state index contributed by atoms with van der Waals surface area (Å²) in [5, 5.41) is 10.2. The van der Waals surface area contributed by atoms with Gasteiger partial charge in [0.05, 0.1) is 17.7 Å². The molecule has 0 fully saturated rings. The predicted molar refractivity (Wildman–Crippen MR) is 52.9 cm³/mol. The maximum atomic E-state index is 5.27. The predicted octanol–water partition coefficient (Wildman–Crippen LogP) is 1.03. The smallest absolute Gasteiger partial charge is 0.317 e. The standard InChI is InChI=1S/C7H9N5OS/c1-4-5(14-3-10-4)2-9-7-12-11-6(8)13-7/h3H,2H2,1H3,(H2,8,11)(H,9,12). The number of nitrogens with two attached hydrogens (primary N) is 1. The van der Waals surface area contributed by atoms with Gasteiger partial charge in [-0.2, -0.15) is 0 Å². The highest BCUT2D eigenvalue weighted by molar-refractivity contribution is 7.09. The van der Waals surface area contributed by atoms with E-state index in [4.69, 9.17) is 10.2 Å². The van der Waals surface area contributed by atoms with Crippen molar-refractivity contribution in [2.24, 2.45) is 0 Å². The summed E-state index contributed by atoms with van der Waals surface area (Å²) in [7, 11) is 0. The van der Waals surface area contributed by atoms with Crippen molar-refractivity contribution in [3.05, 3.63) is 16.1 Å². The van der Waals surface area contributed by atoms with Crippen LogP contribution in [0.1, 0.15) is 10.6 Å². The Balaban J connectivity index is 1.98. The maximum absolute atomic E-state index is 5.27. The van der Waals surface area contributed by atoms with E-state index in [2.05, 4.69) is 20.5 Å². The van der Waals surface area contributed by atoms with Gasteiger partial charge in [-0.1, -0.05) is 10.2 Å². The lowest BCUT2D eigenvalue weighted by Gasteiger charge is -1.97. The van der Waals surface area contributed by atoms with Gasteiger partial charge in [0.2, 0.25) is 0 Å². The third-order valence-corrected chi connectivity index (χ3v) is 2.62. The number of thiazole rings is 1. The van der Waals surface area contributed by atoms with E-state index in [0.29, 0.717) is 12.6 Å². The molecule has 2 rings (SSSR count). The van der Waals surface area contributed by atoms with Crippen LogP contribution >= 0.6 is 11.3 Å². The monoisotopic (exact) mass is 211 g/mol. The van der Waals surface area contributed by atoms with E-state index in [9.17, 15) is 0 Å². The number of aryl methyl sites for hydroxylation is 1. The van der Waals surface area contributed by atoms with Crippen molar-refractivity contribution >= 4 is 23.4 Å². The Morgan fingerprint density at radius 1 is 1.57 bits per heavy atom. The van der Waals surface area contributed by atoms with Gasteiger partial charge in [0.25, 0.3) is 0 Å². The molecular weight excluding hydrogens is 202 g/mol.